The van der Waals surface area contributed by atoms with Crippen molar-refractivity contribution in [3.05, 3.63) is 59.9 Å². The average molecular weight is 366 g/mol. The maximum absolute atomic E-state index is 12.3. The molecule has 6 nitrogen and oxygen atoms in total. The number of nitrogens with one attached hydrogen (secondary N) is 1. The SMILES string of the molecule is O=C(CSc1nnc(-c2cccnc2)o1)N[C@@H]1CCCc2ccccc21. The van der Waals surface area contributed by atoms with E-state index < -0.39 is 0 Å². The molecule has 1 atom stereocenters. The number of carbonyl (C=O) groups excluding carboxylic acids is 1. The molecule has 0 unspecified atom stereocenters. The summed E-state index contributed by atoms with van der Waals surface area (Å²) < 4.78 is 5.59. The molecule has 1 aliphatic rings. The predicted octanol–water partition coefficient (Wildman–Crippen LogP) is 3.42. The van der Waals surface area contributed by atoms with E-state index in [1.54, 1.807) is 12.4 Å². The normalized spacial score (nSPS) is 16.1. The van der Waals surface area contributed by atoms with Crippen molar-refractivity contribution < 1.29 is 9.21 Å². The van der Waals surface area contributed by atoms with Crippen LogP contribution in [0.3, 0.4) is 0 Å². The molecule has 0 spiro atoms. The lowest BCUT2D eigenvalue weighted by molar-refractivity contribution is -0.119. The second-order valence-electron chi connectivity index (χ2n) is 6.11. The number of hydrogen-bond donors (Lipinski definition) is 1. The van der Waals surface area contributed by atoms with E-state index in [2.05, 4.69) is 32.6 Å². The Morgan fingerprint density at radius 3 is 3.04 bits per heavy atom. The van der Waals surface area contributed by atoms with Gasteiger partial charge in [-0.1, -0.05) is 36.0 Å². The Balaban J connectivity index is 1.35. The third-order valence-electron chi connectivity index (χ3n) is 4.35. The molecule has 3 aromatic rings. The highest BCUT2D eigenvalue weighted by Crippen LogP contribution is 2.29. The molecule has 2 aromatic heterocycles. The van der Waals surface area contributed by atoms with E-state index in [-0.39, 0.29) is 17.7 Å². The largest absolute Gasteiger partial charge is 0.411 e. The molecule has 0 aliphatic heterocycles. The summed E-state index contributed by atoms with van der Waals surface area (Å²) >= 11 is 1.24. The van der Waals surface area contributed by atoms with Gasteiger partial charge in [0, 0.05) is 12.4 Å². The molecule has 1 N–H and O–H groups in total. The molecule has 0 saturated heterocycles. The summed E-state index contributed by atoms with van der Waals surface area (Å²) in [5.74, 6) is 0.618. The van der Waals surface area contributed by atoms with E-state index in [0.717, 1.165) is 24.8 Å². The smallest absolute Gasteiger partial charge is 0.277 e. The minimum Gasteiger partial charge on any atom is -0.411 e. The molecule has 26 heavy (non-hydrogen) atoms. The molecule has 132 valence electrons. The number of rotatable bonds is 5. The van der Waals surface area contributed by atoms with Gasteiger partial charge in [-0.05, 0) is 42.5 Å². The summed E-state index contributed by atoms with van der Waals surface area (Å²) in [5, 5.41) is 11.5. The summed E-state index contributed by atoms with van der Waals surface area (Å²) in [6, 6.07) is 12.1. The van der Waals surface area contributed by atoms with Crippen LogP contribution < -0.4 is 5.32 Å². The molecule has 0 saturated carbocycles. The molecule has 1 aromatic carbocycles. The van der Waals surface area contributed by atoms with Gasteiger partial charge in [0.25, 0.3) is 5.22 Å². The second kappa shape index (κ2) is 7.70. The maximum atomic E-state index is 12.3. The van der Waals surface area contributed by atoms with Gasteiger partial charge in [-0.15, -0.1) is 10.2 Å². The van der Waals surface area contributed by atoms with E-state index >= 15 is 0 Å². The van der Waals surface area contributed by atoms with E-state index in [9.17, 15) is 4.79 Å². The lowest BCUT2D eigenvalue weighted by Crippen LogP contribution is -2.32. The van der Waals surface area contributed by atoms with Crippen LogP contribution in [-0.4, -0.2) is 26.8 Å². The van der Waals surface area contributed by atoms with Crippen LogP contribution in [0.15, 0.2) is 58.4 Å². The van der Waals surface area contributed by atoms with Gasteiger partial charge < -0.3 is 9.73 Å². The van der Waals surface area contributed by atoms with E-state index in [1.807, 2.05) is 24.3 Å². The Morgan fingerprint density at radius 2 is 2.15 bits per heavy atom. The van der Waals surface area contributed by atoms with Gasteiger partial charge in [0.15, 0.2) is 0 Å². The zero-order chi connectivity index (χ0) is 17.8. The lowest BCUT2D eigenvalue weighted by atomic mass is 9.88. The van der Waals surface area contributed by atoms with Gasteiger partial charge in [0.1, 0.15) is 0 Å². The Morgan fingerprint density at radius 1 is 1.23 bits per heavy atom. The molecule has 1 aliphatic carbocycles. The summed E-state index contributed by atoms with van der Waals surface area (Å²) in [6.07, 6.45) is 6.49. The van der Waals surface area contributed by atoms with Crippen molar-refractivity contribution in [2.45, 2.75) is 30.5 Å². The summed E-state index contributed by atoms with van der Waals surface area (Å²) in [7, 11) is 0. The molecular weight excluding hydrogens is 348 g/mol. The van der Waals surface area contributed by atoms with Gasteiger partial charge in [-0.25, -0.2) is 0 Å². The van der Waals surface area contributed by atoms with Crippen molar-refractivity contribution in [3.8, 4) is 11.5 Å². The van der Waals surface area contributed by atoms with Crippen molar-refractivity contribution in [1.29, 1.82) is 0 Å². The van der Waals surface area contributed by atoms with Crippen LogP contribution in [0.5, 0.6) is 0 Å². The van der Waals surface area contributed by atoms with Crippen LogP contribution in [0.2, 0.25) is 0 Å². The molecule has 1 amide bonds. The molecule has 0 bridgehead atoms. The van der Waals surface area contributed by atoms with Crippen LogP contribution in [-0.2, 0) is 11.2 Å². The number of thioether (sulfide) groups is 1. The fraction of sp³-hybridized carbons (Fsp3) is 0.263. The topological polar surface area (TPSA) is 80.9 Å². The zero-order valence-electron chi connectivity index (χ0n) is 14.1. The highest BCUT2D eigenvalue weighted by Gasteiger charge is 2.21. The molecule has 7 heteroatoms. The first-order chi connectivity index (χ1) is 12.8. The molecule has 0 radical (unpaired) electrons. The summed E-state index contributed by atoms with van der Waals surface area (Å²) in [5.41, 5.74) is 3.32. The average Bonchev–Trinajstić information content (AvgIpc) is 3.17. The van der Waals surface area contributed by atoms with Crippen molar-refractivity contribution >= 4 is 17.7 Å². The van der Waals surface area contributed by atoms with Crippen molar-refractivity contribution in [2.24, 2.45) is 0 Å². The van der Waals surface area contributed by atoms with Crippen LogP contribution in [0, 0.1) is 0 Å². The lowest BCUT2D eigenvalue weighted by Gasteiger charge is -2.26. The first-order valence-corrected chi connectivity index (χ1v) is 9.52. The van der Waals surface area contributed by atoms with Crippen LogP contribution in [0.25, 0.3) is 11.5 Å². The predicted molar refractivity (Wildman–Crippen MR) is 98.5 cm³/mol. The number of amides is 1. The minimum atomic E-state index is -0.0298. The third kappa shape index (κ3) is 3.77. The number of benzene rings is 1. The van der Waals surface area contributed by atoms with E-state index in [0.29, 0.717) is 11.1 Å². The highest BCUT2D eigenvalue weighted by atomic mass is 32.2. The van der Waals surface area contributed by atoms with Gasteiger partial charge in [-0.2, -0.15) is 0 Å². The molecule has 2 heterocycles. The fourth-order valence-corrected chi connectivity index (χ4v) is 3.72. The monoisotopic (exact) mass is 366 g/mol. The second-order valence-corrected chi connectivity index (χ2v) is 7.04. The number of hydrogen-bond acceptors (Lipinski definition) is 6. The van der Waals surface area contributed by atoms with E-state index in [4.69, 9.17) is 4.42 Å². The Labute approximate surface area is 155 Å². The Hall–Kier alpha value is -2.67. The summed E-state index contributed by atoms with van der Waals surface area (Å²) in [6.45, 7) is 0. The standard InChI is InChI=1S/C19H18N4O2S/c24-17(21-16-9-3-6-13-5-1-2-8-15(13)16)12-26-19-23-22-18(25-19)14-7-4-10-20-11-14/h1-2,4-5,7-8,10-11,16H,3,6,9,12H2,(H,21,24)/t16-/m1/s1. The number of pyridine rings is 1. The van der Waals surface area contributed by atoms with Crippen LogP contribution in [0.4, 0.5) is 0 Å². The first kappa shape index (κ1) is 16.8. The molecule has 4 rings (SSSR count). The number of nitrogens with zero attached hydrogens (tertiary/aromatic N) is 3. The quantitative estimate of drug-likeness (QED) is 0.697. The first-order valence-electron chi connectivity index (χ1n) is 8.53. The zero-order valence-corrected chi connectivity index (χ0v) is 14.9. The highest BCUT2D eigenvalue weighted by molar-refractivity contribution is 7.99. The van der Waals surface area contributed by atoms with Crippen LogP contribution in [0.1, 0.15) is 30.0 Å². The Kier molecular flexibility index (Phi) is 4.97. The number of carbonyl (C=O) groups is 1. The minimum absolute atomic E-state index is 0.0298. The number of aryl methyl sites for hydroxylation is 1. The maximum Gasteiger partial charge on any atom is 0.277 e. The molecular formula is C19H18N4O2S. The van der Waals surface area contributed by atoms with Gasteiger partial charge >= 0.3 is 0 Å². The van der Waals surface area contributed by atoms with Crippen LogP contribution >= 0.6 is 11.8 Å². The van der Waals surface area contributed by atoms with Gasteiger partial charge in [0.2, 0.25) is 11.8 Å². The fourth-order valence-electron chi connectivity index (χ4n) is 3.14. The number of aromatic nitrogens is 3. The van der Waals surface area contributed by atoms with Gasteiger partial charge in [0.05, 0.1) is 17.4 Å². The number of fused-ring (bicyclic) bond motifs is 1. The van der Waals surface area contributed by atoms with Crippen molar-refractivity contribution in [1.82, 2.24) is 20.5 Å². The third-order valence-corrected chi connectivity index (χ3v) is 5.16. The van der Waals surface area contributed by atoms with Gasteiger partial charge in [-0.3, -0.25) is 9.78 Å². The van der Waals surface area contributed by atoms with E-state index in [1.165, 1.54) is 22.9 Å². The Bertz CT molecular complexity index is 897. The van der Waals surface area contributed by atoms with Crippen molar-refractivity contribution in [3.63, 3.8) is 0 Å². The summed E-state index contributed by atoms with van der Waals surface area (Å²) in [4.78, 5) is 16.4. The molecule has 0 fully saturated rings. The van der Waals surface area contributed by atoms with Crippen molar-refractivity contribution in [2.75, 3.05) is 5.75 Å².